The largest absolute Gasteiger partial charge is 0.289 e. The summed E-state index contributed by atoms with van der Waals surface area (Å²) in [5.74, 6) is -0.459. The Morgan fingerprint density at radius 1 is 1.22 bits per heavy atom. The Labute approximate surface area is 139 Å². The Morgan fingerprint density at radius 3 is 2.57 bits per heavy atom. The topological polar surface area (TPSA) is 71.1 Å². The van der Waals surface area contributed by atoms with Crippen molar-refractivity contribution in [2.24, 2.45) is 5.92 Å². The summed E-state index contributed by atoms with van der Waals surface area (Å²) in [6.45, 7) is 2.11. The summed E-state index contributed by atoms with van der Waals surface area (Å²) in [7, 11) is 0. The molecule has 2 amide bonds. The molecule has 5 nitrogen and oxygen atoms in total. The minimum absolute atomic E-state index is 0.0402. The van der Waals surface area contributed by atoms with E-state index in [1.54, 1.807) is 5.38 Å². The zero-order valence-electron chi connectivity index (χ0n) is 13.0. The summed E-state index contributed by atoms with van der Waals surface area (Å²) in [5, 5.41) is 2.50. The molecule has 1 saturated carbocycles. The van der Waals surface area contributed by atoms with Gasteiger partial charge in [0.25, 0.3) is 5.91 Å². The van der Waals surface area contributed by atoms with Gasteiger partial charge in [-0.3, -0.25) is 20.4 Å². The van der Waals surface area contributed by atoms with E-state index in [1.807, 2.05) is 12.1 Å². The number of carbonyl (C=O) groups excluding carboxylic acids is 2. The third-order valence-electron chi connectivity index (χ3n) is 4.12. The minimum Gasteiger partial charge on any atom is -0.273 e. The van der Waals surface area contributed by atoms with Gasteiger partial charge in [0.05, 0.1) is 0 Å². The Bertz CT molecular complexity index is 705. The lowest BCUT2D eigenvalue weighted by atomic mass is 9.85. The van der Waals surface area contributed by atoms with Crippen LogP contribution in [0.4, 0.5) is 0 Å². The molecule has 0 unspecified atom stereocenters. The number of benzene rings is 1. The van der Waals surface area contributed by atoms with Crippen molar-refractivity contribution in [2.45, 2.75) is 32.6 Å². The van der Waals surface area contributed by atoms with Crippen molar-refractivity contribution in [3.8, 4) is 10.6 Å². The average molecular weight is 329 g/mol. The third kappa shape index (κ3) is 3.59. The number of carbonyl (C=O) groups is 2. The van der Waals surface area contributed by atoms with Crippen molar-refractivity contribution < 1.29 is 9.59 Å². The van der Waals surface area contributed by atoms with Crippen molar-refractivity contribution in [1.29, 1.82) is 0 Å². The fourth-order valence-corrected chi connectivity index (χ4v) is 3.15. The molecule has 23 heavy (non-hydrogen) atoms. The van der Waals surface area contributed by atoms with Crippen molar-refractivity contribution in [3.63, 3.8) is 0 Å². The molecule has 1 aliphatic carbocycles. The molecule has 3 rings (SSSR count). The molecule has 6 heteroatoms. The first-order chi connectivity index (χ1) is 11.2. The number of hydrazine groups is 1. The number of nitrogens with zero attached hydrogens (tertiary/aromatic N) is 1. The molecular weight excluding hydrogens is 310 g/mol. The molecule has 0 aliphatic heterocycles. The van der Waals surface area contributed by atoms with Gasteiger partial charge in [0.15, 0.2) is 0 Å². The molecule has 1 fully saturated rings. The van der Waals surface area contributed by atoms with Gasteiger partial charge in [-0.2, -0.15) is 0 Å². The van der Waals surface area contributed by atoms with E-state index in [4.69, 9.17) is 0 Å². The van der Waals surface area contributed by atoms with Gasteiger partial charge in [-0.25, -0.2) is 4.98 Å². The third-order valence-corrected chi connectivity index (χ3v) is 5.01. The summed E-state index contributed by atoms with van der Waals surface area (Å²) in [4.78, 5) is 28.1. The maximum atomic E-state index is 12.0. The molecule has 0 saturated heterocycles. The van der Waals surface area contributed by atoms with Crippen LogP contribution in [-0.4, -0.2) is 16.8 Å². The van der Waals surface area contributed by atoms with Crippen molar-refractivity contribution in [2.75, 3.05) is 0 Å². The zero-order valence-corrected chi connectivity index (χ0v) is 13.8. The Hall–Kier alpha value is -2.21. The average Bonchev–Trinajstić information content (AvgIpc) is 3.01. The van der Waals surface area contributed by atoms with E-state index in [0.717, 1.165) is 36.3 Å². The number of nitrogens with one attached hydrogen (secondary N) is 2. The zero-order chi connectivity index (χ0) is 16.2. The standard InChI is InChI=1S/C17H19N3O2S/c1-2-11-6-8-13(9-7-11)17-18-14(10-23-17)16(22)20-19-15(21)12-4-3-5-12/h6-10,12H,2-5H2,1H3,(H,19,21)(H,20,22). The SMILES string of the molecule is CCc1ccc(-c2nc(C(=O)NNC(=O)C3CCC3)cs2)cc1. The van der Waals surface area contributed by atoms with Gasteiger partial charge in [0.2, 0.25) is 5.91 Å². The molecule has 120 valence electrons. The lowest BCUT2D eigenvalue weighted by molar-refractivity contribution is -0.128. The second-order valence-electron chi connectivity index (χ2n) is 5.66. The van der Waals surface area contributed by atoms with E-state index in [0.29, 0.717) is 5.69 Å². The Morgan fingerprint density at radius 2 is 1.96 bits per heavy atom. The van der Waals surface area contributed by atoms with E-state index < -0.39 is 0 Å². The quantitative estimate of drug-likeness (QED) is 0.847. The summed E-state index contributed by atoms with van der Waals surface area (Å²) < 4.78 is 0. The summed E-state index contributed by atoms with van der Waals surface area (Å²) in [6, 6.07) is 8.15. The molecule has 2 aromatic rings. The van der Waals surface area contributed by atoms with E-state index in [2.05, 4.69) is 34.9 Å². The van der Waals surface area contributed by atoms with Crippen LogP contribution in [0, 0.1) is 5.92 Å². The molecule has 1 heterocycles. The van der Waals surface area contributed by atoms with Gasteiger partial charge < -0.3 is 0 Å². The highest BCUT2D eigenvalue weighted by Crippen LogP contribution is 2.26. The first-order valence-electron chi connectivity index (χ1n) is 7.82. The molecule has 0 radical (unpaired) electrons. The minimum atomic E-state index is -0.384. The second-order valence-corrected chi connectivity index (χ2v) is 6.52. The fourth-order valence-electron chi connectivity index (χ4n) is 2.35. The summed E-state index contributed by atoms with van der Waals surface area (Å²) in [6.07, 6.45) is 3.87. The van der Waals surface area contributed by atoms with E-state index in [9.17, 15) is 9.59 Å². The monoisotopic (exact) mass is 329 g/mol. The molecular formula is C17H19N3O2S. The van der Waals surface area contributed by atoms with Crippen molar-refractivity contribution in [1.82, 2.24) is 15.8 Å². The van der Waals surface area contributed by atoms with E-state index in [-0.39, 0.29) is 17.7 Å². The first-order valence-corrected chi connectivity index (χ1v) is 8.70. The number of rotatable bonds is 4. The smallest absolute Gasteiger partial charge is 0.273 e. The lowest BCUT2D eigenvalue weighted by Gasteiger charge is -2.23. The molecule has 2 N–H and O–H groups in total. The highest BCUT2D eigenvalue weighted by atomic mass is 32.1. The van der Waals surface area contributed by atoms with E-state index >= 15 is 0 Å². The highest BCUT2D eigenvalue weighted by molar-refractivity contribution is 7.13. The predicted molar refractivity (Wildman–Crippen MR) is 89.9 cm³/mol. The molecule has 0 bridgehead atoms. The van der Waals surface area contributed by atoms with Crippen LogP contribution < -0.4 is 10.9 Å². The van der Waals surface area contributed by atoms with Crippen LogP contribution in [-0.2, 0) is 11.2 Å². The number of aryl methyl sites for hydroxylation is 1. The van der Waals surface area contributed by atoms with Crippen LogP contribution in [0.1, 0.15) is 42.2 Å². The van der Waals surface area contributed by atoms with Gasteiger partial charge in [-0.15, -0.1) is 11.3 Å². The molecule has 0 atom stereocenters. The number of thiazole rings is 1. The van der Waals surface area contributed by atoms with Crippen molar-refractivity contribution in [3.05, 3.63) is 40.9 Å². The van der Waals surface area contributed by atoms with Gasteiger partial charge in [0.1, 0.15) is 10.7 Å². The number of hydrogen-bond donors (Lipinski definition) is 2. The normalized spacial score (nSPS) is 14.1. The van der Waals surface area contributed by atoms with Crippen LogP contribution in [0.2, 0.25) is 0 Å². The number of aromatic nitrogens is 1. The fraction of sp³-hybridized carbons (Fsp3) is 0.353. The van der Waals surface area contributed by atoms with E-state index in [1.165, 1.54) is 16.9 Å². The van der Waals surface area contributed by atoms with Crippen LogP contribution in [0.3, 0.4) is 0 Å². The lowest BCUT2D eigenvalue weighted by Crippen LogP contribution is -2.46. The van der Waals surface area contributed by atoms with Gasteiger partial charge in [-0.05, 0) is 24.8 Å². The Balaban J connectivity index is 1.61. The molecule has 1 aliphatic rings. The van der Waals surface area contributed by atoms with Gasteiger partial charge in [-0.1, -0.05) is 37.6 Å². The summed E-state index contributed by atoms with van der Waals surface area (Å²) >= 11 is 1.42. The second kappa shape index (κ2) is 6.91. The number of hydrogen-bond acceptors (Lipinski definition) is 4. The molecule has 1 aromatic carbocycles. The van der Waals surface area contributed by atoms with Gasteiger partial charge in [0, 0.05) is 16.9 Å². The maximum Gasteiger partial charge on any atom is 0.289 e. The maximum absolute atomic E-state index is 12.0. The predicted octanol–water partition coefficient (Wildman–Crippen LogP) is 2.93. The van der Waals surface area contributed by atoms with Crippen LogP contribution in [0.25, 0.3) is 10.6 Å². The van der Waals surface area contributed by atoms with Crippen LogP contribution in [0.15, 0.2) is 29.6 Å². The number of amides is 2. The van der Waals surface area contributed by atoms with Gasteiger partial charge >= 0.3 is 0 Å². The van der Waals surface area contributed by atoms with Crippen LogP contribution in [0.5, 0.6) is 0 Å². The molecule has 0 spiro atoms. The highest BCUT2D eigenvalue weighted by Gasteiger charge is 2.25. The van der Waals surface area contributed by atoms with Crippen molar-refractivity contribution >= 4 is 23.2 Å². The van der Waals surface area contributed by atoms with Crippen LogP contribution >= 0.6 is 11.3 Å². The molecule has 1 aromatic heterocycles. The summed E-state index contributed by atoms with van der Waals surface area (Å²) in [5.41, 5.74) is 7.48. The first kappa shape index (κ1) is 15.7. The Kier molecular flexibility index (Phi) is 4.71.